The monoisotopic (exact) mass is 277 g/mol. The topological polar surface area (TPSA) is 105 Å². The first-order chi connectivity index (χ1) is 9.63. The van der Waals surface area contributed by atoms with Gasteiger partial charge in [0.15, 0.2) is 6.61 Å². The molecule has 0 aliphatic rings. The van der Waals surface area contributed by atoms with E-state index >= 15 is 0 Å². The van der Waals surface area contributed by atoms with E-state index in [2.05, 4.69) is 15.4 Å². The highest BCUT2D eigenvalue weighted by atomic mass is 16.5. The van der Waals surface area contributed by atoms with Gasteiger partial charge in [-0.05, 0) is 29.5 Å². The number of nitrogens with two attached hydrogens (primary N) is 1. The fourth-order valence-corrected chi connectivity index (χ4v) is 1.41. The van der Waals surface area contributed by atoms with Gasteiger partial charge in [0, 0.05) is 5.69 Å². The van der Waals surface area contributed by atoms with Gasteiger partial charge in [0.1, 0.15) is 5.75 Å². The number of tetrazole rings is 1. The van der Waals surface area contributed by atoms with Crippen molar-refractivity contribution < 1.29 is 14.3 Å². The highest BCUT2D eigenvalue weighted by Gasteiger charge is 2.07. The molecular weight excluding hydrogens is 262 g/mol. The van der Waals surface area contributed by atoms with E-state index < -0.39 is 0 Å². The van der Waals surface area contributed by atoms with E-state index in [1.54, 1.807) is 31.3 Å². The molecule has 0 bridgehead atoms. The molecule has 0 spiro atoms. The molecule has 20 heavy (non-hydrogen) atoms. The van der Waals surface area contributed by atoms with Crippen molar-refractivity contribution in [2.45, 2.75) is 13.0 Å². The van der Waals surface area contributed by atoms with E-state index in [1.165, 1.54) is 4.80 Å². The zero-order valence-electron chi connectivity index (χ0n) is 11.0. The van der Waals surface area contributed by atoms with Gasteiger partial charge in [-0.15, -0.1) is 10.2 Å². The molecule has 1 aromatic carbocycles. The Labute approximate surface area is 115 Å². The van der Waals surface area contributed by atoms with Gasteiger partial charge in [-0.2, -0.15) is 4.80 Å². The number of benzene rings is 1. The number of aryl methyl sites for hydroxylation is 1. The third-order valence-corrected chi connectivity index (χ3v) is 2.37. The van der Waals surface area contributed by atoms with E-state index in [4.69, 9.17) is 15.2 Å². The van der Waals surface area contributed by atoms with Crippen molar-refractivity contribution in [2.24, 2.45) is 7.05 Å². The quantitative estimate of drug-likeness (QED) is 0.598. The Morgan fingerprint density at radius 2 is 2.10 bits per heavy atom. The van der Waals surface area contributed by atoms with Crippen LogP contribution in [0, 0.1) is 0 Å². The second-order valence-corrected chi connectivity index (χ2v) is 4.02. The van der Waals surface area contributed by atoms with Gasteiger partial charge in [0.2, 0.25) is 5.82 Å². The summed E-state index contributed by atoms with van der Waals surface area (Å²) in [4.78, 5) is 12.8. The van der Waals surface area contributed by atoms with Gasteiger partial charge < -0.3 is 15.2 Å². The lowest BCUT2D eigenvalue weighted by Gasteiger charge is -2.06. The van der Waals surface area contributed by atoms with Crippen molar-refractivity contribution in [3.05, 3.63) is 30.1 Å². The summed E-state index contributed by atoms with van der Waals surface area (Å²) >= 11 is 0. The molecule has 2 N–H and O–H groups in total. The third kappa shape index (κ3) is 4.23. The third-order valence-electron chi connectivity index (χ3n) is 2.37. The summed E-state index contributed by atoms with van der Waals surface area (Å²) in [6.45, 7) is 0.241. The predicted molar refractivity (Wildman–Crippen MR) is 69.6 cm³/mol. The zero-order valence-corrected chi connectivity index (χ0v) is 11.0. The summed E-state index contributed by atoms with van der Waals surface area (Å²) in [5.41, 5.74) is 6.21. The van der Waals surface area contributed by atoms with E-state index in [1.807, 2.05) is 0 Å². The molecule has 0 aliphatic carbocycles. The van der Waals surface area contributed by atoms with Crippen molar-refractivity contribution in [1.82, 2.24) is 20.2 Å². The highest BCUT2D eigenvalue weighted by Crippen LogP contribution is 2.13. The largest absolute Gasteiger partial charge is 0.493 e. The van der Waals surface area contributed by atoms with Gasteiger partial charge >= 0.3 is 5.97 Å². The molecule has 2 aromatic rings. The maximum atomic E-state index is 11.5. The molecule has 0 aliphatic heterocycles. The molecule has 0 atom stereocenters. The number of hydrogen-bond donors (Lipinski definition) is 1. The van der Waals surface area contributed by atoms with Crippen LogP contribution in [0.1, 0.15) is 12.2 Å². The number of ether oxygens (including phenoxy) is 2. The Balaban J connectivity index is 1.66. The van der Waals surface area contributed by atoms with Crippen LogP contribution >= 0.6 is 0 Å². The van der Waals surface area contributed by atoms with Crippen LogP contribution in [0.2, 0.25) is 0 Å². The normalized spacial score (nSPS) is 10.2. The van der Waals surface area contributed by atoms with Gasteiger partial charge in [0.25, 0.3) is 0 Å². The molecule has 0 saturated carbocycles. The second kappa shape index (κ2) is 6.50. The van der Waals surface area contributed by atoms with Gasteiger partial charge in [-0.25, -0.2) is 0 Å². The molecule has 0 amide bonds. The van der Waals surface area contributed by atoms with Crippen molar-refractivity contribution in [3.8, 4) is 5.75 Å². The standard InChI is InChI=1S/C12H15N5O3/c1-17-15-11(14-16-17)8-20-12(18)6-7-19-10-4-2-9(13)3-5-10/h2-5H,6-8,13H2,1H3. The first kappa shape index (κ1) is 13.8. The summed E-state index contributed by atoms with van der Waals surface area (Å²) < 4.78 is 10.4. The molecule has 0 fully saturated rings. The van der Waals surface area contributed by atoms with Crippen molar-refractivity contribution in [2.75, 3.05) is 12.3 Å². The van der Waals surface area contributed by atoms with Gasteiger partial charge in [-0.1, -0.05) is 0 Å². The summed E-state index contributed by atoms with van der Waals surface area (Å²) in [6.07, 6.45) is 0.143. The Morgan fingerprint density at radius 3 is 2.75 bits per heavy atom. The average Bonchev–Trinajstić information content (AvgIpc) is 2.85. The maximum Gasteiger partial charge on any atom is 0.309 e. The van der Waals surface area contributed by atoms with Crippen molar-refractivity contribution in [3.63, 3.8) is 0 Å². The molecule has 2 rings (SSSR count). The smallest absolute Gasteiger partial charge is 0.309 e. The number of esters is 1. The summed E-state index contributed by atoms with van der Waals surface area (Å²) in [5.74, 6) is 0.635. The maximum absolute atomic E-state index is 11.5. The van der Waals surface area contributed by atoms with E-state index in [9.17, 15) is 4.79 Å². The molecule has 8 nitrogen and oxygen atoms in total. The Bertz CT molecular complexity index is 567. The van der Waals surface area contributed by atoms with Crippen LogP contribution in [0.4, 0.5) is 5.69 Å². The van der Waals surface area contributed by atoms with E-state index in [0.29, 0.717) is 17.3 Å². The van der Waals surface area contributed by atoms with Crippen LogP contribution in [0.3, 0.4) is 0 Å². The van der Waals surface area contributed by atoms with Crippen LogP contribution in [-0.4, -0.2) is 32.8 Å². The number of rotatable bonds is 6. The molecule has 0 saturated heterocycles. The van der Waals surface area contributed by atoms with E-state index in [0.717, 1.165) is 0 Å². The lowest BCUT2D eigenvalue weighted by molar-refractivity contribution is -0.145. The molecule has 1 aromatic heterocycles. The van der Waals surface area contributed by atoms with Gasteiger partial charge in [0.05, 0.1) is 20.1 Å². The van der Waals surface area contributed by atoms with Crippen LogP contribution in [0.5, 0.6) is 5.75 Å². The summed E-state index contributed by atoms with van der Waals surface area (Å²) in [7, 11) is 1.64. The molecular formula is C12H15N5O3. The summed E-state index contributed by atoms with van der Waals surface area (Å²) in [5, 5.41) is 11.2. The fourth-order valence-electron chi connectivity index (χ4n) is 1.41. The molecule has 0 unspecified atom stereocenters. The van der Waals surface area contributed by atoms with Gasteiger partial charge in [-0.3, -0.25) is 4.79 Å². The molecule has 1 heterocycles. The Kier molecular flexibility index (Phi) is 4.48. The Hall–Kier alpha value is -2.64. The number of nitrogens with zero attached hydrogens (tertiary/aromatic N) is 4. The molecule has 0 radical (unpaired) electrons. The fraction of sp³-hybridized carbons (Fsp3) is 0.333. The predicted octanol–water partition coefficient (Wildman–Crippen LogP) is 0.305. The second-order valence-electron chi connectivity index (χ2n) is 4.02. The first-order valence-corrected chi connectivity index (χ1v) is 6.00. The number of anilines is 1. The average molecular weight is 277 g/mol. The minimum atomic E-state index is -0.382. The van der Waals surface area contributed by atoms with Crippen LogP contribution in [0.25, 0.3) is 0 Å². The van der Waals surface area contributed by atoms with Crippen LogP contribution < -0.4 is 10.5 Å². The minimum absolute atomic E-state index is 0.00848. The summed E-state index contributed by atoms with van der Waals surface area (Å²) in [6, 6.07) is 6.94. The van der Waals surface area contributed by atoms with E-state index in [-0.39, 0.29) is 25.6 Å². The minimum Gasteiger partial charge on any atom is -0.493 e. The molecule has 106 valence electrons. The number of hydrogen-bond acceptors (Lipinski definition) is 7. The molecule has 8 heteroatoms. The number of carbonyl (C=O) groups excluding carboxylic acids is 1. The SMILES string of the molecule is Cn1nnc(COC(=O)CCOc2ccc(N)cc2)n1. The first-order valence-electron chi connectivity index (χ1n) is 6.00. The van der Waals surface area contributed by atoms with Crippen molar-refractivity contribution >= 4 is 11.7 Å². The van der Waals surface area contributed by atoms with Crippen LogP contribution in [-0.2, 0) is 23.2 Å². The number of nitrogen functional groups attached to an aromatic ring is 1. The highest BCUT2D eigenvalue weighted by molar-refractivity contribution is 5.69. The van der Waals surface area contributed by atoms with Crippen LogP contribution in [0.15, 0.2) is 24.3 Å². The number of carbonyl (C=O) groups is 1. The van der Waals surface area contributed by atoms with Crippen molar-refractivity contribution in [1.29, 1.82) is 0 Å². The lowest BCUT2D eigenvalue weighted by Crippen LogP contribution is -2.10. The Morgan fingerprint density at radius 1 is 1.35 bits per heavy atom. The lowest BCUT2D eigenvalue weighted by atomic mass is 10.3. The number of aromatic nitrogens is 4. The zero-order chi connectivity index (χ0) is 14.4.